The van der Waals surface area contributed by atoms with Gasteiger partial charge >= 0.3 is 0 Å². The van der Waals surface area contributed by atoms with Crippen LogP contribution in [0.25, 0.3) is 0 Å². The molecule has 0 aromatic heterocycles. The molecule has 0 amide bonds. The van der Waals surface area contributed by atoms with Crippen molar-refractivity contribution in [3.8, 4) is 6.07 Å². The number of nitrogens with one attached hydrogen (secondary N) is 1. The third-order valence-electron chi connectivity index (χ3n) is 3.52. The molecule has 0 unspecified atom stereocenters. The Balaban J connectivity index is 2.21. The van der Waals surface area contributed by atoms with Gasteiger partial charge in [-0.25, -0.2) is 0 Å². The molecule has 1 fully saturated rings. The molecule has 0 aliphatic heterocycles. The average molecular weight is 257 g/mol. The number of benzene rings is 1. The van der Waals surface area contributed by atoms with E-state index in [4.69, 9.17) is 0 Å². The molecule has 0 bridgehead atoms. The zero-order valence-electron chi connectivity index (χ0n) is 11.9. The molecule has 1 saturated carbocycles. The highest BCUT2D eigenvalue weighted by Crippen LogP contribution is 2.33. The highest BCUT2D eigenvalue weighted by Gasteiger charge is 2.29. The minimum absolute atomic E-state index is 0.659. The lowest BCUT2D eigenvalue weighted by Crippen LogP contribution is -2.27. The summed E-state index contributed by atoms with van der Waals surface area (Å²) >= 11 is 0. The van der Waals surface area contributed by atoms with Crippen molar-refractivity contribution in [1.29, 1.82) is 5.26 Å². The van der Waals surface area contributed by atoms with Crippen molar-refractivity contribution in [1.82, 2.24) is 5.32 Å². The Kier molecular flexibility index (Phi) is 4.81. The first-order valence-corrected chi connectivity index (χ1v) is 7.30. The van der Waals surface area contributed by atoms with E-state index in [-0.39, 0.29) is 0 Å². The van der Waals surface area contributed by atoms with E-state index in [2.05, 4.69) is 42.3 Å². The summed E-state index contributed by atoms with van der Waals surface area (Å²) in [6, 6.07) is 9.32. The molecule has 0 heterocycles. The first-order chi connectivity index (χ1) is 9.30. The van der Waals surface area contributed by atoms with E-state index < -0.39 is 0 Å². The fourth-order valence-corrected chi connectivity index (χ4v) is 2.43. The molecule has 102 valence electrons. The van der Waals surface area contributed by atoms with Crippen molar-refractivity contribution < 1.29 is 0 Å². The zero-order chi connectivity index (χ0) is 13.7. The van der Waals surface area contributed by atoms with Gasteiger partial charge in [-0.1, -0.05) is 19.9 Å². The molecule has 19 heavy (non-hydrogen) atoms. The molecular formula is C16H23N3. The molecule has 1 N–H and O–H groups in total. The normalized spacial score (nSPS) is 14.2. The monoisotopic (exact) mass is 257 g/mol. The molecule has 0 atom stereocenters. The summed E-state index contributed by atoms with van der Waals surface area (Å²) < 4.78 is 0. The molecule has 0 radical (unpaired) electrons. The average Bonchev–Trinajstić information content (AvgIpc) is 3.27. The van der Waals surface area contributed by atoms with Gasteiger partial charge in [-0.05, 0) is 43.5 Å². The van der Waals surface area contributed by atoms with Gasteiger partial charge in [0.2, 0.25) is 0 Å². The third-order valence-corrected chi connectivity index (χ3v) is 3.52. The number of nitrogens with zero attached hydrogens (tertiary/aromatic N) is 2. The molecule has 3 nitrogen and oxygen atoms in total. The lowest BCUT2D eigenvalue weighted by Gasteiger charge is -2.25. The lowest BCUT2D eigenvalue weighted by atomic mass is 10.1. The largest absolute Gasteiger partial charge is 0.367 e. The molecule has 1 aliphatic carbocycles. The van der Waals surface area contributed by atoms with Gasteiger partial charge in [-0.3, -0.25) is 0 Å². The van der Waals surface area contributed by atoms with Gasteiger partial charge in [0.05, 0.1) is 11.3 Å². The second kappa shape index (κ2) is 6.58. The van der Waals surface area contributed by atoms with Gasteiger partial charge in [-0.15, -0.1) is 0 Å². The Morgan fingerprint density at radius 3 is 2.74 bits per heavy atom. The summed E-state index contributed by atoms with van der Waals surface area (Å²) in [5, 5.41) is 12.7. The molecule has 0 spiro atoms. The summed E-state index contributed by atoms with van der Waals surface area (Å²) in [5.74, 6) is 0. The molecule has 1 aromatic carbocycles. The van der Waals surface area contributed by atoms with Crippen molar-refractivity contribution in [3.63, 3.8) is 0 Å². The van der Waals surface area contributed by atoms with Crippen LogP contribution in [-0.2, 0) is 6.54 Å². The van der Waals surface area contributed by atoms with E-state index in [9.17, 15) is 5.26 Å². The molecule has 0 saturated heterocycles. The molecular weight excluding hydrogens is 234 g/mol. The summed E-state index contributed by atoms with van der Waals surface area (Å²) in [6.45, 7) is 7.12. The zero-order valence-corrected chi connectivity index (χ0v) is 11.9. The highest BCUT2D eigenvalue weighted by atomic mass is 15.2. The van der Waals surface area contributed by atoms with E-state index in [0.29, 0.717) is 6.04 Å². The maximum Gasteiger partial charge on any atom is 0.101 e. The van der Waals surface area contributed by atoms with Gasteiger partial charge in [0.15, 0.2) is 0 Å². The maximum atomic E-state index is 9.39. The van der Waals surface area contributed by atoms with Crippen molar-refractivity contribution in [3.05, 3.63) is 29.3 Å². The number of hydrogen-bond donors (Lipinski definition) is 1. The Bertz CT molecular complexity index is 458. The smallest absolute Gasteiger partial charge is 0.101 e. The Labute approximate surface area is 116 Å². The highest BCUT2D eigenvalue weighted by molar-refractivity contribution is 5.61. The van der Waals surface area contributed by atoms with Gasteiger partial charge in [0.1, 0.15) is 6.07 Å². The second-order valence-electron chi connectivity index (χ2n) is 5.17. The summed E-state index contributed by atoms with van der Waals surface area (Å²) in [6.07, 6.45) is 3.66. The van der Waals surface area contributed by atoms with Crippen LogP contribution in [0.5, 0.6) is 0 Å². The van der Waals surface area contributed by atoms with Gasteiger partial charge in [0.25, 0.3) is 0 Å². The molecule has 2 rings (SSSR count). The van der Waals surface area contributed by atoms with Gasteiger partial charge in [-0.2, -0.15) is 5.26 Å². The first kappa shape index (κ1) is 13.9. The van der Waals surface area contributed by atoms with Crippen LogP contribution in [0.3, 0.4) is 0 Å². The van der Waals surface area contributed by atoms with Crippen LogP contribution >= 0.6 is 0 Å². The van der Waals surface area contributed by atoms with Crippen LogP contribution in [0.15, 0.2) is 18.2 Å². The SMILES string of the molecule is CCCN(c1ccc(CNCC)cc1C#N)C1CC1. The van der Waals surface area contributed by atoms with Crippen LogP contribution < -0.4 is 10.2 Å². The molecule has 3 heteroatoms. The minimum Gasteiger partial charge on any atom is -0.367 e. The van der Waals surface area contributed by atoms with E-state index in [0.717, 1.165) is 37.3 Å². The Morgan fingerprint density at radius 1 is 1.37 bits per heavy atom. The van der Waals surface area contributed by atoms with Crippen molar-refractivity contribution in [2.45, 2.75) is 45.7 Å². The maximum absolute atomic E-state index is 9.39. The summed E-state index contributed by atoms with van der Waals surface area (Å²) in [5.41, 5.74) is 3.12. The van der Waals surface area contributed by atoms with Crippen molar-refractivity contribution in [2.24, 2.45) is 0 Å². The van der Waals surface area contributed by atoms with E-state index >= 15 is 0 Å². The summed E-state index contributed by atoms with van der Waals surface area (Å²) in [4.78, 5) is 2.41. The lowest BCUT2D eigenvalue weighted by molar-refractivity contribution is 0.725. The molecule has 1 aliphatic rings. The standard InChI is InChI=1S/C16H23N3/c1-3-9-19(15-6-7-15)16-8-5-13(12-18-4-2)10-14(16)11-17/h5,8,10,15,18H,3-4,6-7,9,12H2,1-2H3. The van der Waals surface area contributed by atoms with Crippen LogP contribution in [0, 0.1) is 11.3 Å². The predicted molar refractivity (Wildman–Crippen MR) is 79.2 cm³/mol. The quantitative estimate of drug-likeness (QED) is 0.816. The summed E-state index contributed by atoms with van der Waals surface area (Å²) in [7, 11) is 0. The number of nitriles is 1. The van der Waals surface area contributed by atoms with E-state index in [1.807, 2.05) is 6.07 Å². The van der Waals surface area contributed by atoms with Crippen LogP contribution in [0.4, 0.5) is 5.69 Å². The van der Waals surface area contributed by atoms with Crippen LogP contribution in [0.1, 0.15) is 44.2 Å². The number of anilines is 1. The predicted octanol–water partition coefficient (Wildman–Crippen LogP) is 3.05. The number of hydrogen-bond acceptors (Lipinski definition) is 3. The minimum atomic E-state index is 0.659. The van der Waals surface area contributed by atoms with Gasteiger partial charge in [0, 0.05) is 19.1 Å². The van der Waals surface area contributed by atoms with E-state index in [1.165, 1.54) is 18.4 Å². The number of rotatable bonds is 7. The third kappa shape index (κ3) is 3.48. The Morgan fingerprint density at radius 2 is 2.16 bits per heavy atom. The Hall–Kier alpha value is -1.53. The van der Waals surface area contributed by atoms with Crippen LogP contribution in [0.2, 0.25) is 0 Å². The fourth-order valence-electron chi connectivity index (χ4n) is 2.43. The van der Waals surface area contributed by atoms with Crippen molar-refractivity contribution in [2.75, 3.05) is 18.0 Å². The topological polar surface area (TPSA) is 39.1 Å². The second-order valence-corrected chi connectivity index (χ2v) is 5.17. The molecule has 1 aromatic rings. The van der Waals surface area contributed by atoms with Crippen LogP contribution in [-0.4, -0.2) is 19.1 Å². The first-order valence-electron chi connectivity index (χ1n) is 7.30. The fraction of sp³-hybridized carbons (Fsp3) is 0.562. The van der Waals surface area contributed by atoms with Gasteiger partial charge < -0.3 is 10.2 Å². The van der Waals surface area contributed by atoms with Crippen molar-refractivity contribution >= 4 is 5.69 Å². The van der Waals surface area contributed by atoms with E-state index in [1.54, 1.807) is 0 Å².